The molecule has 32 heavy (non-hydrogen) atoms. The van der Waals surface area contributed by atoms with Crippen LogP contribution in [0.2, 0.25) is 5.02 Å². The van der Waals surface area contributed by atoms with Crippen LogP contribution in [0.4, 0.5) is 5.69 Å². The second-order valence-corrected chi connectivity index (χ2v) is 9.80. The number of aryl methyl sites for hydroxylation is 1. The van der Waals surface area contributed by atoms with Gasteiger partial charge in [0.25, 0.3) is 5.91 Å². The molecule has 1 aliphatic rings. The summed E-state index contributed by atoms with van der Waals surface area (Å²) >= 11 is 11.4. The molecule has 7 heteroatoms. The molecule has 1 aromatic heterocycles. The van der Waals surface area contributed by atoms with Crippen LogP contribution >= 0.6 is 39.3 Å². The second kappa shape index (κ2) is 8.10. The molecule has 5 rings (SSSR count). The standard InChI is InChI=1S/C25H17BrClNO3S/c1-13-3-7-16(12-19(13)27)28-22(14-4-8-17(32-2)9-5-14)21-23(29)18-11-15(26)6-10-20(18)31-24(21)25(28)30/h3-12,22H,1-2H3. The van der Waals surface area contributed by atoms with Crippen molar-refractivity contribution in [3.63, 3.8) is 0 Å². The molecule has 0 bridgehead atoms. The molecule has 0 N–H and O–H groups in total. The summed E-state index contributed by atoms with van der Waals surface area (Å²) in [5.41, 5.74) is 2.86. The third-order valence-electron chi connectivity index (χ3n) is 5.70. The lowest BCUT2D eigenvalue weighted by molar-refractivity contribution is 0.0971. The van der Waals surface area contributed by atoms with Crippen molar-refractivity contribution in [3.05, 3.63) is 103 Å². The number of carbonyl (C=O) groups is 1. The minimum atomic E-state index is -0.619. The molecule has 2 heterocycles. The van der Waals surface area contributed by atoms with Crippen LogP contribution in [0.1, 0.15) is 33.3 Å². The molecular formula is C25H17BrClNO3S. The monoisotopic (exact) mass is 525 g/mol. The lowest BCUT2D eigenvalue weighted by Crippen LogP contribution is -2.29. The normalized spacial score (nSPS) is 15.4. The van der Waals surface area contributed by atoms with Crippen LogP contribution < -0.4 is 10.3 Å². The minimum absolute atomic E-state index is 0.0699. The fourth-order valence-electron chi connectivity index (χ4n) is 4.04. The van der Waals surface area contributed by atoms with Crippen LogP contribution in [0.15, 0.2) is 79.2 Å². The molecule has 4 nitrogen and oxygen atoms in total. The van der Waals surface area contributed by atoms with E-state index in [2.05, 4.69) is 15.9 Å². The first-order chi connectivity index (χ1) is 15.4. The molecule has 1 atom stereocenters. The van der Waals surface area contributed by atoms with Gasteiger partial charge in [-0.2, -0.15) is 0 Å². The maximum atomic E-state index is 13.6. The summed E-state index contributed by atoms with van der Waals surface area (Å²) in [5, 5.41) is 0.983. The Bertz CT molecular complexity index is 1450. The number of benzene rings is 3. The third-order valence-corrected chi connectivity index (χ3v) is 7.34. The minimum Gasteiger partial charge on any atom is -0.450 e. The van der Waals surface area contributed by atoms with Gasteiger partial charge >= 0.3 is 0 Å². The van der Waals surface area contributed by atoms with Gasteiger partial charge in [-0.3, -0.25) is 14.5 Å². The number of rotatable bonds is 3. The molecule has 1 aliphatic heterocycles. The highest BCUT2D eigenvalue weighted by Crippen LogP contribution is 2.42. The second-order valence-electron chi connectivity index (χ2n) is 7.60. The maximum absolute atomic E-state index is 13.6. The Morgan fingerprint density at radius 3 is 2.47 bits per heavy atom. The summed E-state index contributed by atoms with van der Waals surface area (Å²) in [5.74, 6) is -0.291. The molecular weight excluding hydrogens is 510 g/mol. The SMILES string of the molecule is CSc1ccc(C2c3c(oc4ccc(Br)cc4c3=O)C(=O)N2c2ccc(C)c(Cl)c2)cc1. The summed E-state index contributed by atoms with van der Waals surface area (Å²) < 4.78 is 6.77. The van der Waals surface area contributed by atoms with Gasteiger partial charge in [0.15, 0.2) is 5.43 Å². The average molecular weight is 527 g/mol. The van der Waals surface area contributed by atoms with E-state index in [-0.39, 0.29) is 17.1 Å². The van der Waals surface area contributed by atoms with Gasteiger partial charge in [0.05, 0.1) is 17.0 Å². The zero-order valence-corrected chi connectivity index (χ0v) is 20.3. The van der Waals surface area contributed by atoms with Crippen LogP contribution in [0.5, 0.6) is 0 Å². The van der Waals surface area contributed by atoms with Gasteiger partial charge in [-0.25, -0.2) is 0 Å². The number of halogens is 2. The Balaban J connectivity index is 1.80. The first kappa shape index (κ1) is 21.3. The molecule has 0 spiro atoms. The van der Waals surface area contributed by atoms with Crippen molar-refractivity contribution < 1.29 is 9.21 Å². The summed E-state index contributed by atoms with van der Waals surface area (Å²) in [6.45, 7) is 1.90. The van der Waals surface area contributed by atoms with Crippen molar-refractivity contribution in [3.8, 4) is 0 Å². The van der Waals surface area contributed by atoms with Crippen LogP contribution in [0, 0.1) is 6.92 Å². The van der Waals surface area contributed by atoms with E-state index in [0.29, 0.717) is 27.2 Å². The Hall–Kier alpha value is -2.54. The summed E-state index contributed by atoms with van der Waals surface area (Å²) in [4.78, 5) is 29.9. The zero-order chi connectivity index (χ0) is 22.6. The smallest absolute Gasteiger partial charge is 0.295 e. The summed E-state index contributed by atoms with van der Waals surface area (Å²) in [6.07, 6.45) is 2.00. The Labute approximate surface area is 202 Å². The van der Waals surface area contributed by atoms with Gasteiger partial charge < -0.3 is 4.42 Å². The first-order valence-electron chi connectivity index (χ1n) is 9.89. The number of carbonyl (C=O) groups excluding carboxylic acids is 1. The fraction of sp³-hybridized carbons (Fsp3) is 0.120. The van der Waals surface area contributed by atoms with Crippen molar-refractivity contribution in [1.82, 2.24) is 0 Å². The van der Waals surface area contributed by atoms with Crippen LogP contribution in [-0.2, 0) is 0 Å². The van der Waals surface area contributed by atoms with Gasteiger partial charge in [-0.05, 0) is 66.8 Å². The third kappa shape index (κ3) is 3.38. The maximum Gasteiger partial charge on any atom is 0.295 e. The molecule has 4 aromatic rings. The van der Waals surface area contributed by atoms with Gasteiger partial charge in [-0.15, -0.1) is 11.8 Å². The van der Waals surface area contributed by atoms with Gasteiger partial charge in [0.2, 0.25) is 5.76 Å². The summed E-state index contributed by atoms with van der Waals surface area (Å²) in [7, 11) is 0. The van der Waals surface area contributed by atoms with Gasteiger partial charge in [0, 0.05) is 20.1 Å². The average Bonchev–Trinajstić information content (AvgIpc) is 3.09. The molecule has 0 radical (unpaired) electrons. The summed E-state index contributed by atoms with van der Waals surface area (Å²) in [6, 6.07) is 17.9. The Morgan fingerprint density at radius 2 is 1.78 bits per heavy atom. The molecule has 1 amide bonds. The predicted molar refractivity (Wildman–Crippen MR) is 133 cm³/mol. The van der Waals surface area contributed by atoms with E-state index in [1.165, 1.54) is 0 Å². The lowest BCUT2D eigenvalue weighted by Gasteiger charge is -2.25. The first-order valence-corrected chi connectivity index (χ1v) is 12.3. The zero-order valence-electron chi connectivity index (χ0n) is 17.2. The number of fused-ring (bicyclic) bond motifs is 2. The van der Waals surface area contributed by atoms with Crippen molar-refractivity contribution in [2.24, 2.45) is 0 Å². The van der Waals surface area contributed by atoms with Crippen molar-refractivity contribution in [1.29, 1.82) is 0 Å². The molecule has 0 fully saturated rings. The highest BCUT2D eigenvalue weighted by molar-refractivity contribution is 9.10. The van der Waals surface area contributed by atoms with Gasteiger partial charge in [-0.1, -0.05) is 45.7 Å². The van der Waals surface area contributed by atoms with Crippen LogP contribution in [-0.4, -0.2) is 12.2 Å². The topological polar surface area (TPSA) is 50.5 Å². The van der Waals surface area contributed by atoms with Crippen LogP contribution in [0.25, 0.3) is 11.0 Å². The number of nitrogens with zero attached hydrogens (tertiary/aromatic N) is 1. The van der Waals surface area contributed by atoms with E-state index in [4.69, 9.17) is 16.0 Å². The van der Waals surface area contributed by atoms with E-state index in [1.54, 1.807) is 40.9 Å². The molecule has 0 aliphatic carbocycles. The van der Waals surface area contributed by atoms with Crippen molar-refractivity contribution in [2.75, 3.05) is 11.2 Å². The molecule has 1 unspecified atom stereocenters. The van der Waals surface area contributed by atoms with Crippen LogP contribution in [0.3, 0.4) is 0 Å². The lowest BCUT2D eigenvalue weighted by atomic mass is 9.98. The number of hydrogen-bond donors (Lipinski definition) is 0. The molecule has 0 saturated heterocycles. The predicted octanol–water partition coefficient (Wildman–Crippen LogP) is 6.99. The van der Waals surface area contributed by atoms with E-state index in [1.807, 2.05) is 49.6 Å². The fourth-order valence-corrected chi connectivity index (χ4v) is 4.99. The number of amides is 1. The molecule has 160 valence electrons. The number of hydrogen-bond acceptors (Lipinski definition) is 4. The molecule has 0 saturated carbocycles. The van der Waals surface area contributed by atoms with Crippen molar-refractivity contribution >= 4 is 61.9 Å². The van der Waals surface area contributed by atoms with Gasteiger partial charge in [0.1, 0.15) is 5.58 Å². The quantitative estimate of drug-likeness (QED) is 0.270. The highest BCUT2D eigenvalue weighted by atomic mass is 79.9. The van der Waals surface area contributed by atoms with E-state index in [9.17, 15) is 9.59 Å². The number of thioether (sulfide) groups is 1. The van der Waals surface area contributed by atoms with E-state index < -0.39 is 6.04 Å². The van der Waals surface area contributed by atoms with E-state index in [0.717, 1.165) is 20.5 Å². The Morgan fingerprint density at radius 1 is 1.03 bits per heavy atom. The largest absolute Gasteiger partial charge is 0.450 e. The van der Waals surface area contributed by atoms with E-state index >= 15 is 0 Å². The van der Waals surface area contributed by atoms with Crippen molar-refractivity contribution in [2.45, 2.75) is 17.9 Å². The Kier molecular flexibility index (Phi) is 5.40. The number of anilines is 1. The highest BCUT2D eigenvalue weighted by Gasteiger charge is 2.43. The molecule has 3 aromatic carbocycles.